The second-order valence-electron chi connectivity index (χ2n) is 3.88. The number of methoxy groups -OCH3 is 1. The predicted octanol–water partition coefficient (Wildman–Crippen LogP) is 2.77. The summed E-state index contributed by atoms with van der Waals surface area (Å²) in [7, 11) is -2.80. The van der Waals surface area contributed by atoms with E-state index < -0.39 is 21.7 Å². The molecule has 0 atom stereocenters. The van der Waals surface area contributed by atoms with Gasteiger partial charge in [-0.25, -0.2) is 17.2 Å². The Morgan fingerprint density at radius 2 is 1.75 bits per heavy atom. The molecular weight excluding hydrogens is 288 g/mol. The fourth-order valence-corrected chi connectivity index (χ4v) is 2.64. The predicted molar refractivity (Wildman–Crippen MR) is 70.2 cm³/mol. The molecule has 0 saturated heterocycles. The largest absolute Gasteiger partial charge is 0.494 e. The molecule has 0 heterocycles. The molecule has 0 saturated carbocycles. The molecule has 0 radical (unpaired) electrons. The number of hydrogen-bond acceptors (Lipinski definition) is 3. The lowest BCUT2D eigenvalue weighted by Crippen LogP contribution is -2.14. The molecule has 106 valence electrons. The smallest absolute Gasteiger partial charge is 0.262 e. The van der Waals surface area contributed by atoms with Gasteiger partial charge in [-0.3, -0.25) is 4.72 Å². The van der Waals surface area contributed by atoms with Crippen LogP contribution in [0.5, 0.6) is 5.75 Å². The standard InChI is InChI=1S/C13H11F2NO3S/c1-19-13-8-9(6-7-11(13)15)20(17,18)16-12-5-3-2-4-10(12)14/h2-8,16H,1H3. The van der Waals surface area contributed by atoms with Gasteiger partial charge in [0, 0.05) is 6.07 Å². The third-order valence-corrected chi connectivity index (χ3v) is 3.91. The molecule has 0 spiro atoms. The molecule has 2 aromatic carbocycles. The fraction of sp³-hybridized carbons (Fsp3) is 0.0769. The van der Waals surface area contributed by atoms with Crippen LogP contribution in [0.15, 0.2) is 47.4 Å². The van der Waals surface area contributed by atoms with Crippen molar-refractivity contribution in [1.29, 1.82) is 0 Å². The number of hydrogen-bond donors (Lipinski definition) is 1. The second-order valence-corrected chi connectivity index (χ2v) is 5.56. The van der Waals surface area contributed by atoms with Crippen LogP contribution in [0.1, 0.15) is 0 Å². The van der Waals surface area contributed by atoms with Crippen molar-refractivity contribution >= 4 is 15.7 Å². The van der Waals surface area contributed by atoms with Crippen molar-refractivity contribution in [1.82, 2.24) is 0 Å². The first-order valence-corrected chi connectivity index (χ1v) is 7.03. The molecule has 4 nitrogen and oxygen atoms in total. The molecule has 0 aliphatic heterocycles. The van der Waals surface area contributed by atoms with Gasteiger partial charge in [-0.1, -0.05) is 12.1 Å². The Kier molecular flexibility index (Phi) is 3.89. The number of anilines is 1. The van der Waals surface area contributed by atoms with Crippen molar-refractivity contribution in [3.05, 3.63) is 54.1 Å². The lowest BCUT2D eigenvalue weighted by molar-refractivity contribution is 0.385. The van der Waals surface area contributed by atoms with E-state index in [4.69, 9.17) is 4.74 Å². The zero-order valence-electron chi connectivity index (χ0n) is 10.4. The van der Waals surface area contributed by atoms with E-state index in [1.165, 1.54) is 25.3 Å². The quantitative estimate of drug-likeness (QED) is 0.944. The van der Waals surface area contributed by atoms with Crippen LogP contribution in [0.2, 0.25) is 0 Å². The summed E-state index contributed by atoms with van der Waals surface area (Å²) >= 11 is 0. The Hall–Kier alpha value is -2.15. The van der Waals surface area contributed by atoms with Gasteiger partial charge in [0.15, 0.2) is 11.6 Å². The Bertz CT molecular complexity index is 732. The second kappa shape index (κ2) is 5.46. The van der Waals surface area contributed by atoms with Crippen LogP contribution >= 0.6 is 0 Å². The van der Waals surface area contributed by atoms with E-state index in [1.807, 2.05) is 0 Å². The number of para-hydroxylation sites is 1. The molecular formula is C13H11F2NO3S. The van der Waals surface area contributed by atoms with Crippen LogP contribution in [-0.4, -0.2) is 15.5 Å². The number of benzene rings is 2. The van der Waals surface area contributed by atoms with E-state index in [2.05, 4.69) is 4.72 Å². The maximum Gasteiger partial charge on any atom is 0.262 e. The molecule has 0 unspecified atom stereocenters. The third kappa shape index (κ3) is 2.88. The number of sulfonamides is 1. The summed E-state index contributed by atoms with van der Waals surface area (Å²) in [4.78, 5) is -0.223. The maximum atomic E-state index is 13.4. The van der Waals surface area contributed by atoms with Crippen molar-refractivity contribution in [2.75, 3.05) is 11.8 Å². The van der Waals surface area contributed by atoms with Crippen molar-refractivity contribution in [3.63, 3.8) is 0 Å². The normalized spacial score (nSPS) is 11.2. The number of rotatable bonds is 4. The Labute approximate surface area is 115 Å². The average Bonchev–Trinajstić information content (AvgIpc) is 2.41. The Morgan fingerprint density at radius 1 is 1.05 bits per heavy atom. The molecule has 0 fully saturated rings. The first-order valence-electron chi connectivity index (χ1n) is 5.55. The Balaban J connectivity index is 2.38. The van der Waals surface area contributed by atoms with Crippen LogP contribution < -0.4 is 9.46 Å². The van der Waals surface area contributed by atoms with Crippen molar-refractivity contribution in [2.45, 2.75) is 4.90 Å². The molecule has 1 N–H and O–H groups in total. The summed E-state index contributed by atoms with van der Waals surface area (Å²) in [5, 5.41) is 0. The van der Waals surface area contributed by atoms with Crippen molar-refractivity contribution < 1.29 is 21.9 Å². The summed E-state index contributed by atoms with van der Waals surface area (Å²) in [6, 6.07) is 8.41. The minimum absolute atomic E-state index is 0.184. The first kappa shape index (κ1) is 14.3. The van der Waals surface area contributed by atoms with Gasteiger partial charge in [-0.2, -0.15) is 0 Å². The molecule has 20 heavy (non-hydrogen) atoms. The highest BCUT2D eigenvalue weighted by Crippen LogP contribution is 2.24. The summed E-state index contributed by atoms with van der Waals surface area (Å²) in [6.45, 7) is 0. The highest BCUT2D eigenvalue weighted by molar-refractivity contribution is 7.92. The Morgan fingerprint density at radius 3 is 2.40 bits per heavy atom. The number of nitrogens with one attached hydrogen (secondary N) is 1. The molecule has 0 aliphatic rings. The highest BCUT2D eigenvalue weighted by Gasteiger charge is 2.18. The maximum absolute atomic E-state index is 13.4. The van der Waals surface area contributed by atoms with Crippen molar-refractivity contribution in [3.8, 4) is 5.75 Å². The van der Waals surface area contributed by atoms with Crippen molar-refractivity contribution in [2.24, 2.45) is 0 Å². The van der Waals surface area contributed by atoms with E-state index in [0.29, 0.717) is 0 Å². The van der Waals surface area contributed by atoms with E-state index in [9.17, 15) is 17.2 Å². The molecule has 0 amide bonds. The van der Waals surface area contributed by atoms with Gasteiger partial charge in [0.25, 0.3) is 10.0 Å². The van der Waals surface area contributed by atoms with Crippen LogP contribution in [0.4, 0.5) is 14.5 Å². The number of halogens is 2. The van der Waals surface area contributed by atoms with Crippen LogP contribution in [0, 0.1) is 11.6 Å². The average molecular weight is 299 g/mol. The first-order chi connectivity index (χ1) is 9.44. The van der Waals surface area contributed by atoms with Gasteiger partial charge >= 0.3 is 0 Å². The lowest BCUT2D eigenvalue weighted by atomic mass is 10.3. The minimum atomic E-state index is -4.02. The van der Waals surface area contributed by atoms with Gasteiger partial charge in [-0.05, 0) is 24.3 Å². The van der Waals surface area contributed by atoms with Crippen LogP contribution in [-0.2, 0) is 10.0 Å². The third-order valence-electron chi connectivity index (χ3n) is 2.55. The highest BCUT2D eigenvalue weighted by atomic mass is 32.2. The summed E-state index contributed by atoms with van der Waals surface area (Å²) in [5.41, 5.74) is -0.184. The van der Waals surface area contributed by atoms with E-state index >= 15 is 0 Å². The minimum Gasteiger partial charge on any atom is -0.494 e. The lowest BCUT2D eigenvalue weighted by Gasteiger charge is -2.10. The molecule has 0 bridgehead atoms. The zero-order chi connectivity index (χ0) is 14.8. The molecule has 2 aromatic rings. The van der Waals surface area contributed by atoms with Gasteiger partial charge in [0.2, 0.25) is 0 Å². The molecule has 0 aromatic heterocycles. The summed E-state index contributed by atoms with van der Waals surface area (Å²) in [6.07, 6.45) is 0. The topological polar surface area (TPSA) is 55.4 Å². The molecule has 7 heteroatoms. The monoisotopic (exact) mass is 299 g/mol. The van der Waals surface area contributed by atoms with Crippen LogP contribution in [0.25, 0.3) is 0 Å². The van der Waals surface area contributed by atoms with Gasteiger partial charge in [-0.15, -0.1) is 0 Å². The zero-order valence-corrected chi connectivity index (χ0v) is 11.2. The molecule has 2 rings (SSSR count). The van der Waals surface area contributed by atoms with E-state index in [0.717, 1.165) is 24.3 Å². The molecule has 0 aliphatic carbocycles. The fourth-order valence-electron chi connectivity index (χ4n) is 1.55. The van der Waals surface area contributed by atoms with Gasteiger partial charge < -0.3 is 4.74 Å². The van der Waals surface area contributed by atoms with Crippen LogP contribution in [0.3, 0.4) is 0 Å². The van der Waals surface area contributed by atoms with E-state index in [1.54, 1.807) is 0 Å². The van der Waals surface area contributed by atoms with Gasteiger partial charge in [0.05, 0.1) is 17.7 Å². The number of ether oxygens (including phenoxy) is 1. The summed E-state index contributed by atoms with van der Waals surface area (Å²) in [5.74, 6) is -1.59. The van der Waals surface area contributed by atoms with E-state index in [-0.39, 0.29) is 16.3 Å². The summed E-state index contributed by atoms with van der Waals surface area (Å²) < 4.78 is 57.6. The van der Waals surface area contributed by atoms with Gasteiger partial charge in [0.1, 0.15) is 5.82 Å². The SMILES string of the molecule is COc1cc(S(=O)(=O)Nc2ccccc2F)ccc1F.